The van der Waals surface area contributed by atoms with Gasteiger partial charge in [-0.15, -0.1) is 0 Å². The predicted molar refractivity (Wildman–Crippen MR) is 49.9 cm³/mol. The molecule has 0 saturated carbocycles. The van der Waals surface area contributed by atoms with Crippen LogP contribution in [0.4, 0.5) is 0 Å². The average Bonchev–Trinajstić information content (AvgIpc) is 2.54. The first kappa shape index (κ1) is 9.26. The predicted octanol–water partition coefficient (Wildman–Crippen LogP) is 1.35. The van der Waals surface area contributed by atoms with E-state index in [9.17, 15) is 0 Å². The monoisotopic (exact) mass is 167 g/mol. The first-order valence-electron chi connectivity index (χ1n) is 4.55. The third-order valence-corrected chi connectivity index (χ3v) is 1.94. The molecule has 68 valence electrons. The second-order valence-corrected chi connectivity index (χ2v) is 2.77. The minimum Gasteiger partial charge on any atom is -0.333 e. The SMILES string of the molecule is CC.CN1CCn2ccnc2C1. The first-order chi connectivity index (χ1) is 5.86. The lowest BCUT2D eigenvalue weighted by Crippen LogP contribution is -2.30. The zero-order valence-corrected chi connectivity index (χ0v) is 8.12. The van der Waals surface area contributed by atoms with E-state index in [0.29, 0.717) is 0 Å². The summed E-state index contributed by atoms with van der Waals surface area (Å²) in [6, 6.07) is 0. The van der Waals surface area contributed by atoms with Crippen molar-refractivity contribution in [1.29, 1.82) is 0 Å². The van der Waals surface area contributed by atoms with Gasteiger partial charge in [-0.25, -0.2) is 4.98 Å². The molecule has 0 aliphatic carbocycles. The Balaban J connectivity index is 0.000000336. The van der Waals surface area contributed by atoms with Crippen molar-refractivity contribution in [3.05, 3.63) is 18.2 Å². The zero-order chi connectivity index (χ0) is 8.97. The molecule has 1 aromatic heterocycles. The summed E-state index contributed by atoms with van der Waals surface area (Å²) in [5.74, 6) is 1.19. The molecule has 12 heavy (non-hydrogen) atoms. The van der Waals surface area contributed by atoms with Crippen LogP contribution in [0.25, 0.3) is 0 Å². The molecule has 0 radical (unpaired) electrons. The number of nitrogens with zero attached hydrogens (tertiary/aromatic N) is 3. The highest BCUT2D eigenvalue weighted by Crippen LogP contribution is 2.06. The van der Waals surface area contributed by atoms with Gasteiger partial charge in [-0.1, -0.05) is 13.8 Å². The van der Waals surface area contributed by atoms with E-state index in [2.05, 4.69) is 21.5 Å². The Morgan fingerprint density at radius 2 is 2.08 bits per heavy atom. The van der Waals surface area contributed by atoms with Crippen molar-refractivity contribution in [2.45, 2.75) is 26.9 Å². The van der Waals surface area contributed by atoms with Gasteiger partial charge in [0.15, 0.2) is 0 Å². The molecule has 0 bridgehead atoms. The molecule has 0 fully saturated rings. The van der Waals surface area contributed by atoms with E-state index < -0.39 is 0 Å². The van der Waals surface area contributed by atoms with Crippen LogP contribution in [0.3, 0.4) is 0 Å². The minimum atomic E-state index is 0.993. The van der Waals surface area contributed by atoms with Crippen molar-refractivity contribution in [3.63, 3.8) is 0 Å². The van der Waals surface area contributed by atoms with Gasteiger partial charge in [0.05, 0.1) is 6.54 Å². The van der Waals surface area contributed by atoms with Gasteiger partial charge in [0.25, 0.3) is 0 Å². The van der Waals surface area contributed by atoms with Crippen LogP contribution >= 0.6 is 0 Å². The van der Waals surface area contributed by atoms with E-state index in [1.807, 2.05) is 26.2 Å². The van der Waals surface area contributed by atoms with E-state index >= 15 is 0 Å². The van der Waals surface area contributed by atoms with Gasteiger partial charge in [0, 0.05) is 25.5 Å². The maximum atomic E-state index is 4.23. The Labute approximate surface area is 74.0 Å². The van der Waals surface area contributed by atoms with Crippen LogP contribution in [0.15, 0.2) is 12.4 Å². The van der Waals surface area contributed by atoms with E-state index in [-0.39, 0.29) is 0 Å². The van der Waals surface area contributed by atoms with Crippen LogP contribution in [0.1, 0.15) is 19.7 Å². The van der Waals surface area contributed by atoms with Gasteiger partial charge in [-0.2, -0.15) is 0 Å². The third kappa shape index (κ3) is 1.85. The Morgan fingerprint density at radius 1 is 1.33 bits per heavy atom. The highest BCUT2D eigenvalue weighted by Gasteiger charge is 2.11. The molecular weight excluding hydrogens is 150 g/mol. The third-order valence-electron chi connectivity index (χ3n) is 1.94. The van der Waals surface area contributed by atoms with Crippen molar-refractivity contribution in [3.8, 4) is 0 Å². The zero-order valence-electron chi connectivity index (χ0n) is 8.12. The quantitative estimate of drug-likeness (QED) is 0.581. The summed E-state index contributed by atoms with van der Waals surface area (Å²) in [5.41, 5.74) is 0. The van der Waals surface area contributed by atoms with Crippen molar-refractivity contribution < 1.29 is 0 Å². The topological polar surface area (TPSA) is 21.1 Å². The van der Waals surface area contributed by atoms with Gasteiger partial charge in [0.2, 0.25) is 0 Å². The Bertz CT molecular complexity index is 229. The second-order valence-electron chi connectivity index (χ2n) is 2.77. The number of imidazole rings is 1. The number of aromatic nitrogens is 2. The highest BCUT2D eigenvalue weighted by atomic mass is 15.2. The number of hydrogen-bond acceptors (Lipinski definition) is 2. The van der Waals surface area contributed by atoms with E-state index in [0.717, 1.165) is 19.6 Å². The van der Waals surface area contributed by atoms with Gasteiger partial charge < -0.3 is 4.57 Å². The standard InChI is InChI=1S/C7H11N3.C2H6/c1-9-4-5-10-3-2-8-7(10)6-9;1-2/h2-3H,4-6H2,1H3;1-2H3. The van der Waals surface area contributed by atoms with E-state index in [4.69, 9.17) is 0 Å². The van der Waals surface area contributed by atoms with Crippen LogP contribution < -0.4 is 0 Å². The smallest absolute Gasteiger partial charge is 0.122 e. The van der Waals surface area contributed by atoms with Crippen molar-refractivity contribution >= 4 is 0 Å². The van der Waals surface area contributed by atoms with Crippen molar-refractivity contribution in [1.82, 2.24) is 14.5 Å². The first-order valence-corrected chi connectivity index (χ1v) is 4.55. The minimum absolute atomic E-state index is 0.993. The van der Waals surface area contributed by atoms with Crippen LogP contribution in [-0.4, -0.2) is 28.0 Å². The van der Waals surface area contributed by atoms with Crippen LogP contribution in [0.5, 0.6) is 0 Å². The van der Waals surface area contributed by atoms with Gasteiger partial charge in [0.1, 0.15) is 5.82 Å². The highest BCUT2D eigenvalue weighted by molar-refractivity contribution is 4.94. The number of hydrogen-bond donors (Lipinski definition) is 0. The summed E-state index contributed by atoms with van der Waals surface area (Å²) in [5, 5.41) is 0. The molecule has 0 saturated heterocycles. The maximum Gasteiger partial charge on any atom is 0.122 e. The normalized spacial score (nSPS) is 16.2. The maximum absolute atomic E-state index is 4.23. The molecule has 0 N–H and O–H groups in total. The molecule has 2 heterocycles. The fourth-order valence-electron chi connectivity index (χ4n) is 1.29. The molecule has 0 atom stereocenters. The van der Waals surface area contributed by atoms with Crippen LogP contribution in [-0.2, 0) is 13.1 Å². The van der Waals surface area contributed by atoms with Crippen molar-refractivity contribution in [2.75, 3.05) is 13.6 Å². The lowest BCUT2D eigenvalue weighted by atomic mass is 10.4. The summed E-state index contributed by atoms with van der Waals surface area (Å²) in [7, 11) is 2.12. The Morgan fingerprint density at radius 3 is 2.83 bits per heavy atom. The van der Waals surface area contributed by atoms with Crippen LogP contribution in [0.2, 0.25) is 0 Å². The van der Waals surface area contributed by atoms with Gasteiger partial charge in [-0.3, -0.25) is 4.90 Å². The molecule has 3 heteroatoms. The molecular formula is C9H17N3. The molecule has 3 nitrogen and oxygen atoms in total. The van der Waals surface area contributed by atoms with Gasteiger partial charge >= 0.3 is 0 Å². The molecule has 0 spiro atoms. The van der Waals surface area contributed by atoms with Gasteiger partial charge in [-0.05, 0) is 7.05 Å². The molecule has 0 aromatic carbocycles. The van der Waals surface area contributed by atoms with E-state index in [1.165, 1.54) is 5.82 Å². The Hall–Kier alpha value is -0.830. The second kappa shape index (κ2) is 4.26. The summed E-state index contributed by atoms with van der Waals surface area (Å²) < 4.78 is 2.21. The summed E-state index contributed by atoms with van der Waals surface area (Å²) in [4.78, 5) is 6.51. The fraction of sp³-hybridized carbons (Fsp3) is 0.667. The molecule has 0 amide bonds. The molecule has 2 rings (SSSR count). The van der Waals surface area contributed by atoms with Crippen LogP contribution in [0, 0.1) is 0 Å². The number of likely N-dealkylation sites (N-methyl/N-ethyl adjacent to an activating group) is 1. The number of rotatable bonds is 0. The lowest BCUT2D eigenvalue weighted by Gasteiger charge is -2.22. The number of fused-ring (bicyclic) bond motifs is 1. The molecule has 0 unspecified atom stereocenters. The fourth-order valence-corrected chi connectivity index (χ4v) is 1.29. The molecule has 1 aliphatic rings. The van der Waals surface area contributed by atoms with Crippen molar-refractivity contribution in [2.24, 2.45) is 0 Å². The lowest BCUT2D eigenvalue weighted by molar-refractivity contribution is 0.264. The largest absolute Gasteiger partial charge is 0.333 e. The molecule has 1 aromatic rings. The summed E-state index contributed by atoms with van der Waals surface area (Å²) in [6.45, 7) is 7.22. The average molecular weight is 167 g/mol. The summed E-state index contributed by atoms with van der Waals surface area (Å²) >= 11 is 0. The van der Waals surface area contributed by atoms with E-state index in [1.54, 1.807) is 0 Å². The Kier molecular flexibility index (Phi) is 3.29. The molecule has 1 aliphatic heterocycles. The summed E-state index contributed by atoms with van der Waals surface area (Å²) in [6.07, 6.45) is 3.91.